The van der Waals surface area contributed by atoms with Gasteiger partial charge in [-0.2, -0.15) is 0 Å². The number of rotatable bonds is 9. The highest BCUT2D eigenvalue weighted by atomic mass is 35.5. The van der Waals surface area contributed by atoms with Crippen LogP contribution in [-0.2, 0) is 9.53 Å². The molecule has 0 aliphatic carbocycles. The molecule has 0 fully saturated rings. The lowest BCUT2D eigenvalue weighted by Crippen LogP contribution is -2.28. The first-order valence-electron chi connectivity index (χ1n) is 8.64. The van der Waals surface area contributed by atoms with E-state index in [-0.39, 0.29) is 30.1 Å². The lowest BCUT2D eigenvalue weighted by molar-refractivity contribution is -0.145. The average Bonchev–Trinajstić information content (AvgIpc) is 3.18. The Morgan fingerprint density at radius 1 is 1.12 bits per heavy atom. The predicted molar refractivity (Wildman–Crippen MR) is 109 cm³/mol. The average molecular weight is 396 g/mol. The number of carbonyl (C=O) groups is 2. The molecule has 1 aromatic carbocycles. The van der Waals surface area contributed by atoms with Gasteiger partial charge >= 0.3 is 5.97 Å². The van der Waals surface area contributed by atoms with Gasteiger partial charge in [-0.05, 0) is 37.0 Å². The van der Waals surface area contributed by atoms with Gasteiger partial charge in [0, 0.05) is 12.1 Å². The van der Waals surface area contributed by atoms with Gasteiger partial charge in [0.15, 0.2) is 0 Å². The Hall–Kier alpha value is -1.69. The second-order valence-electron chi connectivity index (χ2n) is 5.84. The number of ether oxygens (including phenoxy) is 1. The Morgan fingerprint density at radius 2 is 1.77 bits per heavy atom. The molecule has 0 bridgehead atoms. The van der Waals surface area contributed by atoms with Crippen molar-refractivity contribution in [2.24, 2.45) is 0 Å². The third kappa shape index (κ3) is 5.94. The lowest BCUT2D eigenvalue weighted by atomic mass is 9.98. The molecular weight excluding hydrogens is 370 g/mol. The van der Waals surface area contributed by atoms with Crippen LogP contribution in [0.2, 0.25) is 0 Å². The minimum atomic E-state index is -0.345. The van der Waals surface area contributed by atoms with E-state index in [9.17, 15) is 9.59 Å². The molecule has 4 nitrogen and oxygen atoms in total. The number of benzene rings is 1. The van der Waals surface area contributed by atoms with Crippen molar-refractivity contribution in [3.8, 4) is 0 Å². The largest absolute Gasteiger partial charge is 0.464 e. The Balaban J connectivity index is 0.00000338. The molecule has 26 heavy (non-hydrogen) atoms. The Labute approximate surface area is 165 Å². The SMILES string of the molecule is CCN(CC)CCOC(=O)[C@@H](C)c1ccc(C(=O)c2cccs2)cc1.Cl. The molecule has 0 unspecified atom stereocenters. The Morgan fingerprint density at radius 3 is 2.31 bits per heavy atom. The predicted octanol–water partition coefficient (Wildman–Crippen LogP) is 4.39. The molecule has 1 aromatic heterocycles. The highest BCUT2D eigenvalue weighted by molar-refractivity contribution is 7.12. The zero-order chi connectivity index (χ0) is 18.2. The van der Waals surface area contributed by atoms with E-state index in [1.165, 1.54) is 11.3 Å². The summed E-state index contributed by atoms with van der Waals surface area (Å²) in [5, 5.41) is 1.89. The van der Waals surface area contributed by atoms with Crippen molar-refractivity contribution in [3.05, 3.63) is 57.8 Å². The molecular formula is C20H26ClNO3S. The topological polar surface area (TPSA) is 46.6 Å². The second-order valence-corrected chi connectivity index (χ2v) is 6.79. The van der Waals surface area contributed by atoms with Gasteiger partial charge in [-0.15, -0.1) is 23.7 Å². The number of likely N-dealkylation sites (N-methyl/N-ethyl adjacent to an activating group) is 1. The summed E-state index contributed by atoms with van der Waals surface area (Å²) in [6.07, 6.45) is 0. The molecule has 2 aromatic rings. The smallest absolute Gasteiger partial charge is 0.313 e. The number of esters is 1. The summed E-state index contributed by atoms with van der Waals surface area (Å²) in [6.45, 7) is 9.06. The summed E-state index contributed by atoms with van der Waals surface area (Å²) >= 11 is 1.43. The highest BCUT2D eigenvalue weighted by Crippen LogP contribution is 2.20. The first-order chi connectivity index (χ1) is 12.1. The van der Waals surface area contributed by atoms with Gasteiger partial charge in [-0.1, -0.05) is 44.2 Å². The van der Waals surface area contributed by atoms with E-state index in [2.05, 4.69) is 18.7 Å². The van der Waals surface area contributed by atoms with Gasteiger partial charge in [-0.25, -0.2) is 0 Å². The van der Waals surface area contributed by atoms with E-state index >= 15 is 0 Å². The van der Waals surface area contributed by atoms with Crippen LogP contribution in [0.25, 0.3) is 0 Å². The van der Waals surface area contributed by atoms with Crippen LogP contribution < -0.4 is 0 Å². The third-order valence-corrected chi connectivity index (χ3v) is 5.19. The van der Waals surface area contributed by atoms with Gasteiger partial charge in [0.2, 0.25) is 5.78 Å². The molecule has 0 aliphatic heterocycles. The van der Waals surface area contributed by atoms with Crippen molar-refractivity contribution in [2.45, 2.75) is 26.7 Å². The zero-order valence-corrected chi connectivity index (χ0v) is 17.1. The summed E-state index contributed by atoms with van der Waals surface area (Å²) < 4.78 is 5.38. The normalized spacial score (nSPS) is 11.7. The first kappa shape index (κ1) is 22.4. The molecule has 0 aliphatic rings. The number of hydrogen-bond acceptors (Lipinski definition) is 5. The fraction of sp³-hybridized carbons (Fsp3) is 0.400. The van der Waals surface area contributed by atoms with Crippen molar-refractivity contribution in [2.75, 3.05) is 26.2 Å². The van der Waals surface area contributed by atoms with Crippen LogP contribution in [0.3, 0.4) is 0 Å². The summed E-state index contributed by atoms with van der Waals surface area (Å²) in [5.74, 6) is -0.567. The summed E-state index contributed by atoms with van der Waals surface area (Å²) in [5.41, 5.74) is 1.49. The monoisotopic (exact) mass is 395 g/mol. The molecule has 2 rings (SSSR count). The van der Waals surface area contributed by atoms with Crippen molar-refractivity contribution in [1.82, 2.24) is 4.90 Å². The molecule has 0 saturated carbocycles. The molecule has 0 spiro atoms. The van der Waals surface area contributed by atoms with Crippen molar-refractivity contribution >= 4 is 35.5 Å². The van der Waals surface area contributed by atoms with Crippen LogP contribution in [0.5, 0.6) is 0 Å². The number of halogens is 1. The van der Waals surface area contributed by atoms with E-state index < -0.39 is 0 Å². The van der Waals surface area contributed by atoms with Crippen molar-refractivity contribution in [3.63, 3.8) is 0 Å². The molecule has 1 atom stereocenters. The van der Waals surface area contributed by atoms with E-state index in [4.69, 9.17) is 4.74 Å². The number of nitrogens with zero attached hydrogens (tertiary/aromatic N) is 1. The molecule has 0 amide bonds. The van der Waals surface area contributed by atoms with Crippen LogP contribution in [0.4, 0.5) is 0 Å². The number of thiophene rings is 1. The van der Waals surface area contributed by atoms with E-state index in [1.54, 1.807) is 12.1 Å². The molecule has 0 saturated heterocycles. The quantitative estimate of drug-likeness (QED) is 0.466. The second kappa shape index (κ2) is 11.1. The Kier molecular flexibility index (Phi) is 9.55. The van der Waals surface area contributed by atoms with E-state index in [1.807, 2.05) is 36.6 Å². The van der Waals surface area contributed by atoms with Crippen LogP contribution in [0, 0.1) is 0 Å². The van der Waals surface area contributed by atoms with Crippen LogP contribution in [0.1, 0.15) is 47.5 Å². The fourth-order valence-electron chi connectivity index (χ4n) is 2.55. The van der Waals surface area contributed by atoms with Gasteiger partial charge in [0.25, 0.3) is 0 Å². The summed E-state index contributed by atoms with van der Waals surface area (Å²) in [7, 11) is 0. The zero-order valence-electron chi connectivity index (χ0n) is 15.4. The van der Waals surface area contributed by atoms with Crippen molar-refractivity contribution < 1.29 is 14.3 Å². The molecule has 142 valence electrons. The van der Waals surface area contributed by atoms with Crippen LogP contribution in [-0.4, -0.2) is 42.9 Å². The minimum absolute atomic E-state index is 0. The maximum absolute atomic E-state index is 12.3. The van der Waals surface area contributed by atoms with Gasteiger partial charge in [-0.3, -0.25) is 9.59 Å². The summed E-state index contributed by atoms with van der Waals surface area (Å²) in [4.78, 5) is 27.4. The molecule has 0 N–H and O–H groups in total. The maximum Gasteiger partial charge on any atom is 0.313 e. The first-order valence-corrected chi connectivity index (χ1v) is 9.51. The fourth-order valence-corrected chi connectivity index (χ4v) is 3.24. The van der Waals surface area contributed by atoms with Gasteiger partial charge in [0.1, 0.15) is 6.61 Å². The minimum Gasteiger partial charge on any atom is -0.464 e. The maximum atomic E-state index is 12.3. The highest BCUT2D eigenvalue weighted by Gasteiger charge is 2.18. The van der Waals surface area contributed by atoms with Crippen LogP contribution >= 0.6 is 23.7 Å². The lowest BCUT2D eigenvalue weighted by Gasteiger charge is -2.18. The Bertz CT molecular complexity index is 682. The van der Waals surface area contributed by atoms with E-state index in [0.29, 0.717) is 12.2 Å². The van der Waals surface area contributed by atoms with Gasteiger partial charge in [0.05, 0.1) is 10.8 Å². The van der Waals surface area contributed by atoms with Gasteiger partial charge < -0.3 is 9.64 Å². The van der Waals surface area contributed by atoms with Crippen LogP contribution in [0.15, 0.2) is 41.8 Å². The third-order valence-electron chi connectivity index (χ3n) is 4.32. The van der Waals surface area contributed by atoms with E-state index in [0.717, 1.165) is 30.1 Å². The standard InChI is InChI=1S/C20H25NO3S.ClH/c1-4-21(5-2)12-13-24-20(23)15(3)16-8-10-17(11-9-16)19(22)18-7-6-14-25-18;/h6-11,14-15H,4-5,12-13H2,1-3H3;1H/t15-;/m0./s1. The number of hydrogen-bond donors (Lipinski definition) is 0. The molecule has 6 heteroatoms. The number of ketones is 1. The number of carbonyl (C=O) groups excluding carboxylic acids is 2. The van der Waals surface area contributed by atoms with Crippen molar-refractivity contribution in [1.29, 1.82) is 0 Å². The molecule has 0 radical (unpaired) electrons. The summed E-state index contributed by atoms with van der Waals surface area (Å²) in [6, 6.07) is 10.9. The molecule has 1 heterocycles.